The summed E-state index contributed by atoms with van der Waals surface area (Å²) in [5.74, 6) is 2.43. The number of benzene rings is 7. The fourth-order valence-electron chi connectivity index (χ4n) is 10.3. The van der Waals surface area contributed by atoms with E-state index < -0.39 is 0 Å². The van der Waals surface area contributed by atoms with E-state index in [-0.39, 0.29) is 27.1 Å². The minimum absolute atomic E-state index is 0.0202. The van der Waals surface area contributed by atoms with Gasteiger partial charge in [-0.15, -0.1) is 0 Å². The lowest BCUT2D eigenvalue weighted by molar-refractivity contribution is 0.483. The van der Waals surface area contributed by atoms with E-state index >= 15 is 0 Å². The summed E-state index contributed by atoms with van der Waals surface area (Å²) in [5.41, 5.74) is 15.3. The van der Waals surface area contributed by atoms with Crippen LogP contribution in [0.1, 0.15) is 129 Å². The van der Waals surface area contributed by atoms with Crippen LogP contribution in [-0.4, -0.2) is 16.2 Å². The molecule has 10 rings (SSSR count). The van der Waals surface area contributed by atoms with Crippen LogP contribution < -0.4 is 14.5 Å². The Hall–Kier alpha value is -7.11. The molecule has 2 aromatic heterocycles. The van der Waals surface area contributed by atoms with Crippen LogP contribution in [0.15, 0.2) is 176 Å². The fraction of sp³-hybridized carbons (Fsp3) is 0.288. The lowest BCUT2D eigenvalue weighted by Crippen LogP contribution is -2.25. The highest BCUT2D eigenvalue weighted by Gasteiger charge is 2.34. The Morgan fingerprint density at radius 1 is 0.380 bits per heavy atom. The quantitative estimate of drug-likeness (QED) is 0.144. The largest absolute Gasteiger partial charge is 0.457 e. The molecule has 9 aromatic rings. The van der Waals surface area contributed by atoms with Gasteiger partial charge in [0.05, 0.1) is 22.4 Å². The van der Waals surface area contributed by atoms with E-state index in [9.17, 15) is 0 Å². The maximum absolute atomic E-state index is 6.93. The Morgan fingerprint density at radius 3 is 1.58 bits per heavy atom. The number of aromatic nitrogens is 2. The van der Waals surface area contributed by atoms with Gasteiger partial charge >= 0.3 is 0 Å². The van der Waals surface area contributed by atoms with E-state index in [1.165, 1.54) is 61.4 Å². The van der Waals surface area contributed by atoms with E-state index in [2.05, 4.69) is 274 Å². The summed E-state index contributed by atoms with van der Waals surface area (Å²) in [6.07, 6.45) is 1.94. The van der Waals surface area contributed by atoms with Gasteiger partial charge in [0.25, 0.3) is 0 Å². The molecule has 0 aliphatic carbocycles. The predicted octanol–water partition coefficient (Wildman–Crippen LogP) is 17.8. The molecule has 0 saturated carbocycles. The maximum atomic E-state index is 6.93. The second kappa shape index (κ2) is 17.3. The van der Waals surface area contributed by atoms with Crippen LogP contribution in [0.2, 0.25) is 0 Å². The van der Waals surface area contributed by atoms with Gasteiger partial charge in [-0.05, 0) is 128 Å². The lowest BCUT2D eigenvalue weighted by atomic mass is 9.78. The van der Waals surface area contributed by atoms with Gasteiger partial charge in [0.15, 0.2) is 0 Å². The summed E-state index contributed by atoms with van der Waals surface area (Å²) in [6.45, 7) is 30.6. The standard InChI is InChI=1S/C66H70N4O/c1-62(2,3)46-33-34-67-61(40-46)70-57-31-27-47(65(10,11)44-21-16-14-17-22-44)38-56(57)55-30-29-54(42-59(55)70)71-53-26-20-25-51(41-53)68-43-69(52-36-49(63(4,5)6)35-50(37-52)64(7,8)9)60-39-48(28-32-58(60)68)66(12,13)45-23-18-15-19-24-45/h14-42H,43H2,1-13H3. The molecule has 0 atom stereocenters. The number of hydrogen-bond acceptors (Lipinski definition) is 4. The Bertz CT molecular complexity index is 3400. The van der Waals surface area contributed by atoms with Crippen LogP contribution in [0.5, 0.6) is 11.5 Å². The first-order valence-corrected chi connectivity index (χ1v) is 25.4. The van der Waals surface area contributed by atoms with Crippen LogP contribution in [0.3, 0.4) is 0 Å². The molecule has 0 bridgehead atoms. The molecule has 5 nitrogen and oxygen atoms in total. The van der Waals surface area contributed by atoms with Gasteiger partial charge in [-0.2, -0.15) is 0 Å². The van der Waals surface area contributed by atoms with Crippen molar-refractivity contribution in [3.8, 4) is 17.3 Å². The zero-order valence-corrected chi connectivity index (χ0v) is 44.1. The second-order valence-corrected chi connectivity index (χ2v) is 24.0. The highest BCUT2D eigenvalue weighted by Crippen LogP contribution is 2.49. The molecule has 1 aliphatic rings. The highest BCUT2D eigenvalue weighted by molar-refractivity contribution is 6.10. The van der Waals surface area contributed by atoms with Crippen LogP contribution in [-0.2, 0) is 27.1 Å². The zero-order valence-electron chi connectivity index (χ0n) is 44.1. The fourth-order valence-corrected chi connectivity index (χ4v) is 10.3. The van der Waals surface area contributed by atoms with Crippen molar-refractivity contribution in [2.75, 3.05) is 16.5 Å². The molecular formula is C66H70N4O. The molecule has 0 amide bonds. The number of nitrogens with zero attached hydrogens (tertiary/aromatic N) is 4. The van der Waals surface area contributed by atoms with Gasteiger partial charge in [-0.3, -0.25) is 4.57 Å². The molecule has 3 heterocycles. The number of fused-ring (bicyclic) bond motifs is 4. The van der Waals surface area contributed by atoms with Gasteiger partial charge in [-0.1, -0.05) is 175 Å². The Kier molecular flexibility index (Phi) is 11.6. The summed E-state index contributed by atoms with van der Waals surface area (Å²) >= 11 is 0. The molecule has 1 aliphatic heterocycles. The molecule has 360 valence electrons. The summed E-state index contributed by atoms with van der Waals surface area (Å²) in [5, 5.41) is 2.34. The number of anilines is 4. The molecule has 0 N–H and O–H groups in total. The molecule has 0 radical (unpaired) electrons. The molecule has 0 unspecified atom stereocenters. The van der Waals surface area contributed by atoms with Crippen molar-refractivity contribution in [3.63, 3.8) is 0 Å². The van der Waals surface area contributed by atoms with Crippen molar-refractivity contribution in [3.05, 3.63) is 215 Å². The number of ether oxygens (including phenoxy) is 1. The third kappa shape index (κ3) is 8.90. The van der Waals surface area contributed by atoms with Crippen LogP contribution >= 0.6 is 0 Å². The Morgan fingerprint density at radius 2 is 0.958 bits per heavy atom. The monoisotopic (exact) mass is 935 g/mol. The zero-order chi connectivity index (χ0) is 50.3. The second-order valence-electron chi connectivity index (χ2n) is 24.0. The number of pyridine rings is 1. The SMILES string of the molecule is CC(C)(C)c1cc(N2CN(c3cccc(Oc4ccc5c6cc(C(C)(C)c7ccccc7)ccc6n(-c6cc(C(C)(C)C)ccn6)c5c4)c3)c3ccc(C(C)(C)c4ccccc4)cc32)cc(C(C)(C)C)c1. The molecule has 5 heteroatoms. The first-order chi connectivity index (χ1) is 33.6. The number of hydrogen-bond donors (Lipinski definition) is 0. The van der Waals surface area contributed by atoms with Crippen molar-refractivity contribution in [2.45, 2.75) is 117 Å². The minimum atomic E-state index is -0.202. The molecule has 0 saturated heterocycles. The molecular weight excluding hydrogens is 865 g/mol. The lowest BCUT2D eigenvalue weighted by Gasteiger charge is -2.30. The van der Waals surface area contributed by atoms with Crippen LogP contribution in [0.4, 0.5) is 22.7 Å². The van der Waals surface area contributed by atoms with Crippen molar-refractivity contribution in [2.24, 2.45) is 0 Å². The summed E-state index contributed by atoms with van der Waals surface area (Å²) in [4.78, 5) is 9.96. The molecule has 0 fully saturated rings. The Labute approximate surface area is 422 Å². The van der Waals surface area contributed by atoms with Crippen molar-refractivity contribution in [1.29, 1.82) is 0 Å². The van der Waals surface area contributed by atoms with E-state index in [0.717, 1.165) is 39.4 Å². The Balaban J connectivity index is 1.06. The van der Waals surface area contributed by atoms with Gasteiger partial charge < -0.3 is 14.5 Å². The average molecular weight is 935 g/mol. The van der Waals surface area contributed by atoms with Gasteiger partial charge in [0, 0.05) is 51.3 Å². The topological polar surface area (TPSA) is 33.5 Å². The van der Waals surface area contributed by atoms with Gasteiger partial charge in [0.2, 0.25) is 0 Å². The van der Waals surface area contributed by atoms with Crippen molar-refractivity contribution < 1.29 is 4.74 Å². The summed E-state index contributed by atoms with van der Waals surface area (Å²) in [7, 11) is 0. The minimum Gasteiger partial charge on any atom is -0.457 e. The van der Waals surface area contributed by atoms with Gasteiger partial charge in [-0.25, -0.2) is 4.98 Å². The summed E-state index contributed by atoms with van der Waals surface area (Å²) in [6, 6.07) is 62.4. The van der Waals surface area contributed by atoms with E-state index in [4.69, 9.17) is 9.72 Å². The third-order valence-corrected chi connectivity index (χ3v) is 15.2. The molecule has 7 aromatic carbocycles. The molecule has 0 spiro atoms. The van der Waals surface area contributed by atoms with Crippen molar-refractivity contribution in [1.82, 2.24) is 9.55 Å². The van der Waals surface area contributed by atoms with E-state index in [0.29, 0.717) is 6.67 Å². The van der Waals surface area contributed by atoms with Crippen LogP contribution in [0, 0.1) is 0 Å². The van der Waals surface area contributed by atoms with E-state index in [1.807, 2.05) is 6.20 Å². The average Bonchev–Trinajstić information content (AvgIpc) is 3.89. The van der Waals surface area contributed by atoms with Crippen molar-refractivity contribution >= 4 is 44.6 Å². The maximum Gasteiger partial charge on any atom is 0.137 e. The third-order valence-electron chi connectivity index (χ3n) is 15.2. The van der Waals surface area contributed by atoms with E-state index in [1.54, 1.807) is 0 Å². The molecule has 71 heavy (non-hydrogen) atoms. The number of rotatable bonds is 9. The normalized spacial score (nSPS) is 13.6. The predicted molar refractivity (Wildman–Crippen MR) is 300 cm³/mol. The summed E-state index contributed by atoms with van der Waals surface area (Å²) < 4.78 is 9.24. The smallest absolute Gasteiger partial charge is 0.137 e. The first kappa shape index (κ1) is 47.6. The highest BCUT2D eigenvalue weighted by atomic mass is 16.5. The first-order valence-electron chi connectivity index (χ1n) is 25.4. The van der Waals surface area contributed by atoms with Gasteiger partial charge in [0.1, 0.15) is 24.0 Å². The van der Waals surface area contributed by atoms with Crippen LogP contribution in [0.25, 0.3) is 27.6 Å².